The number of hydrogen-bond acceptors (Lipinski definition) is 5. The fraction of sp³-hybridized carbons (Fsp3) is 0.190. The van der Waals surface area contributed by atoms with Gasteiger partial charge in [-0.25, -0.2) is 4.98 Å². The minimum atomic E-state index is 0.569. The molecule has 0 atom stereocenters. The standard InChI is InChI=1S/C21H21N5O/c1-4-27-18-11-9-17(10-12-18)23-19-13-15(3)22-21-24-20(25-26(19)21)16-7-5-14(2)6-8-16/h5-13,23H,4H2,1-3H3. The summed E-state index contributed by atoms with van der Waals surface area (Å²) in [5.41, 5.74) is 3.99. The average Bonchev–Trinajstić information content (AvgIpc) is 3.08. The van der Waals surface area contributed by atoms with E-state index in [1.807, 2.05) is 56.3 Å². The van der Waals surface area contributed by atoms with Crippen LogP contribution in [0.5, 0.6) is 5.75 Å². The third kappa shape index (κ3) is 3.60. The molecule has 136 valence electrons. The molecule has 2 heterocycles. The third-order valence-corrected chi connectivity index (χ3v) is 4.19. The van der Waals surface area contributed by atoms with Gasteiger partial charge >= 0.3 is 0 Å². The first-order valence-electron chi connectivity index (χ1n) is 8.94. The molecule has 0 saturated heterocycles. The van der Waals surface area contributed by atoms with Crippen molar-refractivity contribution in [1.82, 2.24) is 19.6 Å². The van der Waals surface area contributed by atoms with Crippen molar-refractivity contribution in [3.05, 3.63) is 65.9 Å². The summed E-state index contributed by atoms with van der Waals surface area (Å²) in [6, 6.07) is 17.9. The van der Waals surface area contributed by atoms with Crippen LogP contribution in [-0.4, -0.2) is 26.2 Å². The maximum atomic E-state index is 5.50. The molecular weight excluding hydrogens is 338 g/mol. The molecule has 0 aliphatic carbocycles. The number of benzene rings is 2. The molecule has 0 aliphatic rings. The molecule has 4 aromatic rings. The average molecular weight is 359 g/mol. The lowest BCUT2D eigenvalue weighted by Crippen LogP contribution is -2.02. The van der Waals surface area contributed by atoms with Gasteiger partial charge in [-0.1, -0.05) is 29.8 Å². The summed E-state index contributed by atoms with van der Waals surface area (Å²) in [5, 5.41) is 8.05. The van der Waals surface area contributed by atoms with Gasteiger partial charge in [0.2, 0.25) is 0 Å². The number of ether oxygens (including phenoxy) is 1. The summed E-state index contributed by atoms with van der Waals surface area (Å²) >= 11 is 0. The molecule has 0 fully saturated rings. The van der Waals surface area contributed by atoms with E-state index >= 15 is 0 Å². The quantitative estimate of drug-likeness (QED) is 0.566. The van der Waals surface area contributed by atoms with Gasteiger partial charge in [-0.15, -0.1) is 5.10 Å². The van der Waals surface area contributed by atoms with Crippen molar-refractivity contribution >= 4 is 17.3 Å². The van der Waals surface area contributed by atoms with Crippen LogP contribution in [0.15, 0.2) is 54.6 Å². The highest BCUT2D eigenvalue weighted by atomic mass is 16.5. The van der Waals surface area contributed by atoms with Gasteiger partial charge < -0.3 is 10.1 Å². The van der Waals surface area contributed by atoms with Crippen LogP contribution in [0.3, 0.4) is 0 Å². The lowest BCUT2D eigenvalue weighted by atomic mass is 10.1. The Morgan fingerprint density at radius 3 is 2.41 bits per heavy atom. The van der Waals surface area contributed by atoms with Gasteiger partial charge in [0.25, 0.3) is 5.78 Å². The molecule has 0 saturated carbocycles. The maximum absolute atomic E-state index is 5.50. The second-order valence-electron chi connectivity index (χ2n) is 6.38. The van der Waals surface area contributed by atoms with E-state index in [4.69, 9.17) is 4.74 Å². The van der Waals surface area contributed by atoms with Crippen LogP contribution >= 0.6 is 0 Å². The SMILES string of the molecule is CCOc1ccc(Nc2cc(C)nc3nc(-c4ccc(C)cc4)nn23)cc1. The minimum Gasteiger partial charge on any atom is -0.494 e. The van der Waals surface area contributed by atoms with Gasteiger partial charge in [-0.2, -0.15) is 9.50 Å². The van der Waals surface area contributed by atoms with Crippen LogP contribution in [0, 0.1) is 13.8 Å². The molecule has 2 aromatic carbocycles. The van der Waals surface area contributed by atoms with E-state index in [0.717, 1.165) is 28.5 Å². The van der Waals surface area contributed by atoms with Crippen molar-refractivity contribution in [3.63, 3.8) is 0 Å². The molecule has 0 spiro atoms. The molecule has 6 heteroatoms. The zero-order valence-corrected chi connectivity index (χ0v) is 15.6. The second-order valence-corrected chi connectivity index (χ2v) is 6.38. The van der Waals surface area contributed by atoms with E-state index in [1.165, 1.54) is 5.56 Å². The molecule has 27 heavy (non-hydrogen) atoms. The van der Waals surface area contributed by atoms with Crippen molar-refractivity contribution in [1.29, 1.82) is 0 Å². The fourth-order valence-electron chi connectivity index (χ4n) is 2.85. The molecule has 0 radical (unpaired) electrons. The number of anilines is 2. The van der Waals surface area contributed by atoms with Gasteiger partial charge in [0.15, 0.2) is 5.82 Å². The van der Waals surface area contributed by atoms with Crippen LogP contribution < -0.4 is 10.1 Å². The monoisotopic (exact) mass is 359 g/mol. The number of rotatable bonds is 5. The summed E-state index contributed by atoms with van der Waals surface area (Å²) in [6.45, 7) is 6.63. The van der Waals surface area contributed by atoms with Gasteiger partial charge in [-0.3, -0.25) is 0 Å². The Morgan fingerprint density at radius 2 is 1.70 bits per heavy atom. The highest BCUT2D eigenvalue weighted by Crippen LogP contribution is 2.23. The molecule has 1 N–H and O–H groups in total. The molecule has 2 aromatic heterocycles. The normalized spacial score (nSPS) is 10.9. The molecule has 0 amide bonds. The summed E-state index contributed by atoms with van der Waals surface area (Å²) in [7, 11) is 0. The Kier molecular flexibility index (Phi) is 4.46. The van der Waals surface area contributed by atoms with E-state index in [0.29, 0.717) is 18.2 Å². The van der Waals surface area contributed by atoms with E-state index in [-0.39, 0.29) is 0 Å². The molecule has 0 aliphatic heterocycles. The molecule has 4 rings (SSSR count). The maximum Gasteiger partial charge on any atom is 0.254 e. The molecule has 0 bridgehead atoms. The molecule has 0 unspecified atom stereocenters. The first kappa shape index (κ1) is 17.0. The van der Waals surface area contributed by atoms with Gasteiger partial charge in [0, 0.05) is 23.0 Å². The predicted octanol–water partition coefficient (Wildman–Crippen LogP) is 4.55. The number of nitrogens with zero attached hydrogens (tertiary/aromatic N) is 4. The lowest BCUT2D eigenvalue weighted by Gasteiger charge is -2.09. The fourth-order valence-corrected chi connectivity index (χ4v) is 2.85. The lowest BCUT2D eigenvalue weighted by molar-refractivity contribution is 0.340. The van der Waals surface area contributed by atoms with Gasteiger partial charge in [-0.05, 0) is 45.0 Å². The molecular formula is C21H21N5O. The van der Waals surface area contributed by atoms with Crippen LogP contribution in [0.2, 0.25) is 0 Å². The molecule has 6 nitrogen and oxygen atoms in total. The second kappa shape index (κ2) is 7.07. The van der Waals surface area contributed by atoms with Gasteiger partial charge in [0.1, 0.15) is 11.6 Å². The Balaban J connectivity index is 1.70. The number of nitrogens with one attached hydrogen (secondary N) is 1. The Labute approximate surface area is 157 Å². The Hall–Kier alpha value is -3.41. The first-order chi connectivity index (χ1) is 13.1. The van der Waals surface area contributed by atoms with Crippen LogP contribution in [-0.2, 0) is 0 Å². The van der Waals surface area contributed by atoms with Gasteiger partial charge in [0.05, 0.1) is 6.61 Å². The zero-order valence-electron chi connectivity index (χ0n) is 15.6. The van der Waals surface area contributed by atoms with Crippen molar-refractivity contribution in [2.24, 2.45) is 0 Å². The smallest absolute Gasteiger partial charge is 0.254 e. The number of fused-ring (bicyclic) bond motifs is 1. The number of hydrogen-bond donors (Lipinski definition) is 1. The Bertz CT molecular complexity index is 1070. The van der Waals surface area contributed by atoms with Crippen molar-refractivity contribution < 1.29 is 4.74 Å². The topological polar surface area (TPSA) is 64.3 Å². The number of aryl methyl sites for hydroxylation is 2. The van der Waals surface area contributed by atoms with E-state index in [1.54, 1.807) is 4.52 Å². The van der Waals surface area contributed by atoms with Crippen molar-refractivity contribution in [3.8, 4) is 17.1 Å². The highest BCUT2D eigenvalue weighted by molar-refractivity contribution is 5.62. The summed E-state index contributed by atoms with van der Waals surface area (Å²) in [6.07, 6.45) is 0. The first-order valence-corrected chi connectivity index (χ1v) is 8.94. The summed E-state index contributed by atoms with van der Waals surface area (Å²) in [4.78, 5) is 9.10. The largest absolute Gasteiger partial charge is 0.494 e. The summed E-state index contributed by atoms with van der Waals surface area (Å²) in [5.74, 6) is 2.89. The highest BCUT2D eigenvalue weighted by Gasteiger charge is 2.12. The van der Waals surface area contributed by atoms with E-state index in [9.17, 15) is 0 Å². The predicted molar refractivity (Wildman–Crippen MR) is 107 cm³/mol. The van der Waals surface area contributed by atoms with E-state index in [2.05, 4.69) is 39.4 Å². The van der Waals surface area contributed by atoms with Crippen molar-refractivity contribution in [2.45, 2.75) is 20.8 Å². The zero-order chi connectivity index (χ0) is 18.8. The number of aromatic nitrogens is 4. The summed E-state index contributed by atoms with van der Waals surface area (Å²) < 4.78 is 7.23. The minimum absolute atomic E-state index is 0.569. The Morgan fingerprint density at radius 1 is 0.963 bits per heavy atom. The van der Waals surface area contributed by atoms with E-state index < -0.39 is 0 Å². The van der Waals surface area contributed by atoms with Crippen LogP contribution in [0.1, 0.15) is 18.2 Å². The van der Waals surface area contributed by atoms with Crippen LogP contribution in [0.25, 0.3) is 17.2 Å². The third-order valence-electron chi connectivity index (χ3n) is 4.19. The van der Waals surface area contributed by atoms with Crippen molar-refractivity contribution in [2.75, 3.05) is 11.9 Å². The van der Waals surface area contributed by atoms with Crippen LogP contribution in [0.4, 0.5) is 11.5 Å².